The fraction of sp³-hybridized carbons (Fsp3) is 0.259. The first-order valence-corrected chi connectivity index (χ1v) is 11.6. The lowest BCUT2D eigenvalue weighted by atomic mass is 10.0. The van der Waals surface area contributed by atoms with Gasteiger partial charge in [0.2, 0.25) is 11.8 Å². The smallest absolute Gasteiger partial charge is 0.242 e. The van der Waals surface area contributed by atoms with E-state index in [9.17, 15) is 9.59 Å². The number of rotatable bonds is 8. The Morgan fingerprint density at radius 1 is 0.879 bits per heavy atom. The zero-order valence-corrected chi connectivity index (χ0v) is 20.6. The van der Waals surface area contributed by atoms with Gasteiger partial charge < -0.3 is 10.2 Å². The van der Waals surface area contributed by atoms with Crippen LogP contribution in [0.15, 0.2) is 66.7 Å². The van der Waals surface area contributed by atoms with Crippen LogP contribution in [0.2, 0.25) is 10.0 Å². The highest BCUT2D eigenvalue weighted by Crippen LogP contribution is 2.27. The van der Waals surface area contributed by atoms with E-state index in [0.29, 0.717) is 22.0 Å². The van der Waals surface area contributed by atoms with Crippen molar-refractivity contribution in [2.75, 3.05) is 7.05 Å². The Hall–Kier alpha value is -2.82. The highest BCUT2D eigenvalue weighted by molar-refractivity contribution is 6.36. The molecule has 0 spiro atoms. The molecule has 3 rings (SSSR count). The predicted molar refractivity (Wildman–Crippen MR) is 135 cm³/mol. The quantitative estimate of drug-likeness (QED) is 0.458. The van der Waals surface area contributed by atoms with Crippen LogP contribution in [0.4, 0.5) is 0 Å². The van der Waals surface area contributed by atoms with Crippen LogP contribution in [0, 0.1) is 13.8 Å². The minimum absolute atomic E-state index is 0.132. The number of hydrogen-bond donors (Lipinski definition) is 1. The highest BCUT2D eigenvalue weighted by atomic mass is 35.5. The van der Waals surface area contributed by atoms with Crippen molar-refractivity contribution < 1.29 is 9.59 Å². The number of hydrogen-bond acceptors (Lipinski definition) is 2. The van der Waals surface area contributed by atoms with Crippen LogP contribution in [0.25, 0.3) is 0 Å². The predicted octanol–water partition coefficient (Wildman–Crippen LogP) is 5.54. The normalized spacial score (nSPS) is 11.7. The summed E-state index contributed by atoms with van der Waals surface area (Å²) in [5, 5.41) is 3.64. The Balaban J connectivity index is 2.01. The number of amides is 2. The molecule has 0 saturated carbocycles. The number of benzene rings is 3. The van der Waals surface area contributed by atoms with Gasteiger partial charge in [-0.05, 0) is 37.1 Å². The van der Waals surface area contributed by atoms with E-state index in [4.69, 9.17) is 23.2 Å². The summed E-state index contributed by atoms with van der Waals surface area (Å²) >= 11 is 12.9. The Kier molecular flexibility index (Phi) is 8.54. The summed E-state index contributed by atoms with van der Waals surface area (Å²) in [7, 11) is 1.58. The van der Waals surface area contributed by atoms with Gasteiger partial charge in [0.25, 0.3) is 0 Å². The van der Waals surface area contributed by atoms with E-state index in [1.807, 2.05) is 56.3 Å². The van der Waals surface area contributed by atoms with E-state index < -0.39 is 6.04 Å². The second-order valence-corrected chi connectivity index (χ2v) is 9.03. The first kappa shape index (κ1) is 24.8. The summed E-state index contributed by atoms with van der Waals surface area (Å²) in [6.45, 7) is 4.14. The Morgan fingerprint density at radius 3 is 2.06 bits per heavy atom. The molecule has 0 fully saturated rings. The van der Waals surface area contributed by atoms with Crippen molar-refractivity contribution >= 4 is 35.0 Å². The number of carbonyl (C=O) groups excluding carboxylic acids is 2. The van der Waals surface area contributed by atoms with Gasteiger partial charge in [-0.2, -0.15) is 0 Å². The van der Waals surface area contributed by atoms with Crippen LogP contribution in [-0.4, -0.2) is 29.8 Å². The molecule has 4 nitrogen and oxygen atoms in total. The van der Waals surface area contributed by atoms with E-state index in [0.717, 1.165) is 22.3 Å². The van der Waals surface area contributed by atoms with Gasteiger partial charge >= 0.3 is 0 Å². The molecule has 2 amide bonds. The molecule has 1 N–H and O–H groups in total. The Bertz CT molecular complexity index is 1090. The van der Waals surface area contributed by atoms with Crippen molar-refractivity contribution in [3.63, 3.8) is 0 Å². The van der Waals surface area contributed by atoms with E-state index in [2.05, 4.69) is 11.4 Å². The lowest BCUT2D eigenvalue weighted by molar-refractivity contribution is -0.140. The van der Waals surface area contributed by atoms with Crippen molar-refractivity contribution in [1.82, 2.24) is 10.2 Å². The zero-order chi connectivity index (χ0) is 24.0. The van der Waals surface area contributed by atoms with Gasteiger partial charge in [-0.1, -0.05) is 88.9 Å². The van der Waals surface area contributed by atoms with E-state index in [-0.39, 0.29) is 24.8 Å². The Labute approximate surface area is 205 Å². The van der Waals surface area contributed by atoms with Crippen molar-refractivity contribution in [3.8, 4) is 0 Å². The maximum absolute atomic E-state index is 13.7. The molecule has 0 aliphatic heterocycles. The molecule has 0 aliphatic rings. The van der Waals surface area contributed by atoms with E-state index in [1.54, 1.807) is 30.1 Å². The summed E-state index contributed by atoms with van der Waals surface area (Å²) < 4.78 is 0. The molecule has 3 aromatic rings. The zero-order valence-electron chi connectivity index (χ0n) is 19.1. The molecule has 0 bridgehead atoms. The first-order chi connectivity index (χ1) is 15.8. The number of aryl methyl sites for hydroxylation is 2. The molecule has 6 heteroatoms. The molecule has 33 heavy (non-hydrogen) atoms. The molecule has 0 aromatic heterocycles. The minimum atomic E-state index is -0.719. The molecule has 0 saturated heterocycles. The number of nitrogens with zero attached hydrogens (tertiary/aromatic N) is 1. The van der Waals surface area contributed by atoms with Gasteiger partial charge in [0.05, 0.1) is 6.42 Å². The first-order valence-electron chi connectivity index (χ1n) is 10.8. The summed E-state index contributed by atoms with van der Waals surface area (Å²) in [6.07, 6.45) is 0.550. The van der Waals surface area contributed by atoms with Crippen LogP contribution in [-0.2, 0) is 29.0 Å². The molecule has 1 atom stereocenters. The molecular weight excluding hydrogens is 455 g/mol. The topological polar surface area (TPSA) is 49.4 Å². The summed E-state index contributed by atoms with van der Waals surface area (Å²) in [4.78, 5) is 28.3. The van der Waals surface area contributed by atoms with Crippen LogP contribution in [0.1, 0.15) is 27.8 Å². The maximum Gasteiger partial charge on any atom is 0.242 e. The van der Waals surface area contributed by atoms with Crippen molar-refractivity contribution in [3.05, 3.63) is 105 Å². The lowest BCUT2D eigenvalue weighted by Crippen LogP contribution is -2.50. The average molecular weight is 483 g/mol. The SMILES string of the molecule is CNC(=O)[C@H](Cc1ccccc1)N(Cc1c(Cl)cccc1Cl)C(=O)Cc1cc(C)cc(C)c1. The molecule has 0 aliphatic carbocycles. The van der Waals surface area contributed by atoms with Crippen molar-refractivity contribution in [1.29, 1.82) is 0 Å². The van der Waals surface area contributed by atoms with Gasteiger partial charge in [-0.25, -0.2) is 0 Å². The van der Waals surface area contributed by atoms with Crippen molar-refractivity contribution in [2.45, 2.75) is 39.3 Å². The third kappa shape index (κ3) is 6.59. The largest absolute Gasteiger partial charge is 0.357 e. The monoisotopic (exact) mass is 482 g/mol. The summed E-state index contributed by atoms with van der Waals surface area (Å²) in [5.74, 6) is -0.406. The number of likely N-dealkylation sites (N-methyl/N-ethyl adjacent to an activating group) is 1. The highest BCUT2D eigenvalue weighted by Gasteiger charge is 2.30. The molecule has 3 aromatic carbocycles. The average Bonchev–Trinajstić information content (AvgIpc) is 2.77. The second kappa shape index (κ2) is 11.4. The minimum Gasteiger partial charge on any atom is -0.357 e. The van der Waals surface area contributed by atoms with Gasteiger partial charge in [0.1, 0.15) is 6.04 Å². The van der Waals surface area contributed by atoms with Crippen LogP contribution >= 0.6 is 23.2 Å². The fourth-order valence-electron chi connectivity index (χ4n) is 4.02. The summed E-state index contributed by atoms with van der Waals surface area (Å²) in [6, 6.07) is 20.2. The van der Waals surface area contributed by atoms with Gasteiger partial charge in [0, 0.05) is 35.6 Å². The number of nitrogens with one attached hydrogen (secondary N) is 1. The third-order valence-electron chi connectivity index (χ3n) is 5.54. The molecule has 0 heterocycles. The van der Waals surface area contributed by atoms with E-state index in [1.165, 1.54) is 0 Å². The molecule has 0 unspecified atom stereocenters. The second-order valence-electron chi connectivity index (χ2n) is 8.21. The standard InChI is InChI=1S/C27H28Cl2N2O2/c1-18-12-19(2)14-21(13-18)16-26(32)31(17-22-23(28)10-7-11-24(22)29)25(27(33)30-3)15-20-8-5-4-6-9-20/h4-14,25H,15-17H2,1-3H3,(H,30,33)/t25-/m0/s1. The molecule has 172 valence electrons. The lowest BCUT2D eigenvalue weighted by Gasteiger charge is -2.32. The van der Waals surface area contributed by atoms with Gasteiger partial charge in [0.15, 0.2) is 0 Å². The summed E-state index contributed by atoms with van der Waals surface area (Å²) in [5.41, 5.74) is 4.66. The molecular formula is C27H28Cl2N2O2. The fourth-order valence-corrected chi connectivity index (χ4v) is 4.54. The van der Waals surface area contributed by atoms with Crippen LogP contribution in [0.3, 0.4) is 0 Å². The van der Waals surface area contributed by atoms with Crippen LogP contribution < -0.4 is 5.32 Å². The van der Waals surface area contributed by atoms with Crippen LogP contribution in [0.5, 0.6) is 0 Å². The van der Waals surface area contributed by atoms with Crippen molar-refractivity contribution in [2.24, 2.45) is 0 Å². The van der Waals surface area contributed by atoms with Gasteiger partial charge in [-0.15, -0.1) is 0 Å². The van der Waals surface area contributed by atoms with E-state index >= 15 is 0 Å². The maximum atomic E-state index is 13.7. The molecule has 0 radical (unpaired) electrons. The third-order valence-corrected chi connectivity index (χ3v) is 6.25. The number of carbonyl (C=O) groups is 2. The van der Waals surface area contributed by atoms with Gasteiger partial charge in [-0.3, -0.25) is 9.59 Å². The number of halogens is 2. The Morgan fingerprint density at radius 2 is 1.48 bits per heavy atom.